The zero-order valence-corrected chi connectivity index (χ0v) is 21.9. The highest BCUT2D eigenvalue weighted by molar-refractivity contribution is 7.86. The molecule has 6 rings (SSSR count). The molecule has 1 aliphatic carbocycles. The van der Waals surface area contributed by atoms with Crippen molar-refractivity contribution >= 4 is 16.1 Å². The van der Waals surface area contributed by atoms with Gasteiger partial charge in [0.05, 0.1) is 12.6 Å². The number of ether oxygens (including phenoxy) is 2. The maximum absolute atomic E-state index is 13.4. The predicted octanol–water partition coefficient (Wildman–Crippen LogP) is 3.23. The smallest absolute Gasteiger partial charge is 0.281 e. The van der Waals surface area contributed by atoms with Crippen molar-refractivity contribution in [1.29, 1.82) is 0 Å². The van der Waals surface area contributed by atoms with Crippen molar-refractivity contribution in [3.05, 3.63) is 59.2 Å². The molecule has 6 bridgehead atoms. The van der Waals surface area contributed by atoms with Gasteiger partial charge in [-0.15, -0.1) is 0 Å². The van der Waals surface area contributed by atoms with Gasteiger partial charge < -0.3 is 14.4 Å². The number of carbonyl (C=O) groups is 1. The molecule has 3 aliphatic heterocycles. The number of benzene rings is 2. The van der Waals surface area contributed by atoms with Crippen LogP contribution in [0.2, 0.25) is 0 Å². The minimum absolute atomic E-state index is 0.135. The number of fused-ring (bicyclic) bond motifs is 8. The highest BCUT2D eigenvalue weighted by Crippen LogP contribution is 2.40. The van der Waals surface area contributed by atoms with Crippen molar-refractivity contribution in [2.24, 2.45) is 5.92 Å². The van der Waals surface area contributed by atoms with Crippen LogP contribution in [0, 0.1) is 5.92 Å². The lowest BCUT2D eigenvalue weighted by Gasteiger charge is -2.41. The Morgan fingerprint density at radius 2 is 1.72 bits per heavy atom. The normalized spacial score (nSPS) is 21.5. The second-order valence-corrected chi connectivity index (χ2v) is 12.1. The van der Waals surface area contributed by atoms with Crippen molar-refractivity contribution in [3.63, 3.8) is 0 Å². The molecule has 9 heteroatoms. The van der Waals surface area contributed by atoms with Gasteiger partial charge in [-0.2, -0.15) is 17.0 Å². The fraction of sp³-hybridized carbons (Fsp3) is 0.519. The Balaban J connectivity index is 1.49. The molecule has 8 nitrogen and oxygen atoms in total. The zero-order valence-electron chi connectivity index (χ0n) is 21.1. The van der Waals surface area contributed by atoms with E-state index in [1.807, 2.05) is 30.3 Å². The summed E-state index contributed by atoms with van der Waals surface area (Å²) in [6.45, 7) is 1.88. The second kappa shape index (κ2) is 10.4. The number of amides is 1. The third-order valence-electron chi connectivity index (χ3n) is 7.47. The summed E-state index contributed by atoms with van der Waals surface area (Å²) >= 11 is 0. The van der Waals surface area contributed by atoms with Gasteiger partial charge in [-0.05, 0) is 66.6 Å². The van der Waals surface area contributed by atoms with Crippen molar-refractivity contribution in [3.8, 4) is 11.5 Å². The van der Waals surface area contributed by atoms with Crippen molar-refractivity contribution < 1.29 is 22.7 Å². The van der Waals surface area contributed by atoms with E-state index < -0.39 is 10.2 Å². The average Bonchev–Trinajstić information content (AvgIpc) is 2.83. The van der Waals surface area contributed by atoms with Gasteiger partial charge in [-0.1, -0.05) is 24.6 Å². The van der Waals surface area contributed by atoms with Crippen LogP contribution in [0.25, 0.3) is 0 Å². The van der Waals surface area contributed by atoms with Crippen LogP contribution in [0.4, 0.5) is 0 Å². The van der Waals surface area contributed by atoms with Crippen LogP contribution in [0.3, 0.4) is 0 Å². The first-order valence-electron chi connectivity index (χ1n) is 12.8. The van der Waals surface area contributed by atoms with E-state index in [1.165, 1.54) is 22.7 Å². The molecule has 1 saturated carbocycles. The van der Waals surface area contributed by atoms with E-state index in [9.17, 15) is 13.2 Å². The molecule has 1 fully saturated rings. The van der Waals surface area contributed by atoms with Crippen molar-refractivity contribution in [1.82, 2.24) is 13.5 Å². The molecule has 0 radical (unpaired) electrons. The Labute approximate surface area is 214 Å². The summed E-state index contributed by atoms with van der Waals surface area (Å²) in [7, 11) is -0.497. The maximum atomic E-state index is 13.4. The lowest BCUT2D eigenvalue weighted by atomic mass is 9.81. The SMILES string of the molecule is CN(C)S(=O)(=O)N1CCCOc2cccc(c2)C2c3ccc(cc3CCN2C(=O)C2CCC2)OCC1. The van der Waals surface area contributed by atoms with Crippen LogP contribution in [-0.2, 0) is 21.4 Å². The van der Waals surface area contributed by atoms with Gasteiger partial charge in [0, 0.05) is 39.6 Å². The van der Waals surface area contributed by atoms with E-state index >= 15 is 0 Å². The largest absolute Gasteiger partial charge is 0.494 e. The van der Waals surface area contributed by atoms with Crippen molar-refractivity contribution in [2.75, 3.05) is 46.9 Å². The Hall–Kier alpha value is -2.62. The molecule has 0 saturated heterocycles. The third kappa shape index (κ3) is 4.96. The molecule has 1 amide bonds. The van der Waals surface area contributed by atoms with E-state index in [2.05, 4.69) is 17.0 Å². The molecule has 0 N–H and O–H groups in total. The fourth-order valence-corrected chi connectivity index (χ4v) is 6.35. The molecule has 4 aliphatic rings. The molecule has 0 spiro atoms. The first kappa shape index (κ1) is 25.0. The summed E-state index contributed by atoms with van der Waals surface area (Å²) in [5, 5.41) is 0. The molecule has 2 aromatic rings. The van der Waals surface area contributed by atoms with Gasteiger partial charge >= 0.3 is 0 Å². The highest BCUT2D eigenvalue weighted by Gasteiger charge is 2.37. The van der Waals surface area contributed by atoms with Gasteiger partial charge in [0.25, 0.3) is 10.2 Å². The maximum Gasteiger partial charge on any atom is 0.281 e. The standard InChI is InChI=1S/C27H35N3O5S/c1-28(2)36(32,33)29-13-5-16-34-23-9-4-8-22(19-23)26-25-11-10-24(35-17-15-29)18-21(25)12-14-30(26)27(31)20-6-3-7-20/h4,8-11,18-20,26H,3,5-7,12-17H2,1-2H3. The fourth-order valence-electron chi connectivity index (χ4n) is 5.22. The summed E-state index contributed by atoms with van der Waals surface area (Å²) in [4.78, 5) is 15.5. The summed E-state index contributed by atoms with van der Waals surface area (Å²) in [6, 6.07) is 13.8. The molecule has 3 heterocycles. The van der Waals surface area contributed by atoms with Gasteiger partial charge in [-0.3, -0.25) is 4.79 Å². The Kier molecular flexibility index (Phi) is 7.23. The van der Waals surface area contributed by atoms with Crippen LogP contribution in [0.5, 0.6) is 11.5 Å². The second-order valence-electron chi connectivity index (χ2n) is 9.98. The van der Waals surface area contributed by atoms with Crippen LogP contribution in [-0.4, -0.2) is 74.8 Å². The molecular formula is C27H35N3O5S. The van der Waals surface area contributed by atoms with Gasteiger partial charge in [0.15, 0.2) is 0 Å². The lowest BCUT2D eigenvalue weighted by molar-refractivity contribution is -0.140. The number of rotatable bonds is 3. The van der Waals surface area contributed by atoms with E-state index in [0.29, 0.717) is 26.1 Å². The molecule has 1 atom stereocenters. The van der Waals surface area contributed by atoms with E-state index in [-0.39, 0.29) is 31.0 Å². The minimum atomic E-state index is -3.57. The zero-order chi connectivity index (χ0) is 25.3. The third-order valence-corrected chi connectivity index (χ3v) is 9.41. The summed E-state index contributed by atoms with van der Waals surface area (Å²) < 4.78 is 40.4. The summed E-state index contributed by atoms with van der Waals surface area (Å²) in [5.74, 6) is 1.83. The number of carbonyl (C=O) groups excluding carboxylic acids is 1. The first-order chi connectivity index (χ1) is 17.3. The molecule has 194 valence electrons. The predicted molar refractivity (Wildman–Crippen MR) is 137 cm³/mol. The van der Waals surface area contributed by atoms with Crippen LogP contribution in [0.1, 0.15) is 48.4 Å². The number of nitrogens with zero attached hydrogens (tertiary/aromatic N) is 3. The first-order valence-corrected chi connectivity index (χ1v) is 14.2. The number of hydrogen-bond acceptors (Lipinski definition) is 5. The van der Waals surface area contributed by atoms with Crippen LogP contribution < -0.4 is 9.47 Å². The monoisotopic (exact) mass is 513 g/mol. The van der Waals surface area contributed by atoms with Gasteiger partial charge in [-0.25, -0.2) is 0 Å². The molecular weight excluding hydrogens is 478 g/mol. The van der Waals surface area contributed by atoms with Gasteiger partial charge in [0.1, 0.15) is 18.1 Å². The van der Waals surface area contributed by atoms with E-state index in [4.69, 9.17) is 9.47 Å². The lowest BCUT2D eigenvalue weighted by Crippen LogP contribution is -2.45. The minimum Gasteiger partial charge on any atom is -0.494 e. The van der Waals surface area contributed by atoms with Crippen LogP contribution in [0.15, 0.2) is 42.5 Å². The quantitative estimate of drug-likeness (QED) is 0.630. The number of hydrogen-bond donors (Lipinski definition) is 0. The van der Waals surface area contributed by atoms with E-state index in [1.54, 1.807) is 0 Å². The summed E-state index contributed by atoms with van der Waals surface area (Å²) in [6.07, 6.45) is 4.39. The van der Waals surface area contributed by atoms with E-state index in [0.717, 1.165) is 53.9 Å². The molecule has 1 unspecified atom stereocenters. The Morgan fingerprint density at radius 3 is 2.47 bits per heavy atom. The molecule has 0 aromatic heterocycles. The molecule has 36 heavy (non-hydrogen) atoms. The summed E-state index contributed by atoms with van der Waals surface area (Å²) in [5.41, 5.74) is 3.30. The Morgan fingerprint density at radius 1 is 0.944 bits per heavy atom. The highest BCUT2D eigenvalue weighted by atomic mass is 32.2. The average molecular weight is 514 g/mol. The Bertz CT molecular complexity index is 1210. The van der Waals surface area contributed by atoms with Gasteiger partial charge in [0.2, 0.25) is 5.91 Å². The van der Waals surface area contributed by atoms with Crippen molar-refractivity contribution in [2.45, 2.75) is 38.1 Å². The van der Waals surface area contributed by atoms with Crippen LogP contribution >= 0.6 is 0 Å². The topological polar surface area (TPSA) is 79.4 Å². The molecule has 2 aromatic carbocycles.